The molecule has 0 aromatic carbocycles. The first-order valence-electron chi connectivity index (χ1n) is 5.81. The first kappa shape index (κ1) is 13.5. The Hall–Kier alpha value is -0.550. The Morgan fingerprint density at radius 3 is 2.75 bits per heavy atom. The van der Waals surface area contributed by atoms with Crippen molar-refractivity contribution in [3.05, 3.63) is 0 Å². The molecule has 0 spiro atoms. The number of aliphatic hydroxyl groups is 1. The number of rotatable bonds is 5. The van der Waals surface area contributed by atoms with Gasteiger partial charge in [0.1, 0.15) is 5.78 Å². The Morgan fingerprint density at radius 2 is 2.12 bits per heavy atom. The van der Waals surface area contributed by atoms with Gasteiger partial charge in [-0.2, -0.15) is 0 Å². The standard InChI is InChI=1S/C11H19F2NO2/c12-11(13)8-14(6-7-15)9-4-2-1-3-5-10(9)16/h9,11,15H,1-8H2. The minimum Gasteiger partial charge on any atom is -0.395 e. The highest BCUT2D eigenvalue weighted by atomic mass is 19.3. The van der Waals surface area contributed by atoms with E-state index < -0.39 is 19.0 Å². The van der Waals surface area contributed by atoms with E-state index in [9.17, 15) is 13.6 Å². The third-order valence-electron chi connectivity index (χ3n) is 2.97. The molecule has 0 aromatic rings. The average molecular weight is 235 g/mol. The predicted molar refractivity (Wildman–Crippen MR) is 56.5 cm³/mol. The molecule has 1 saturated carbocycles. The van der Waals surface area contributed by atoms with Crippen LogP contribution in [0.15, 0.2) is 0 Å². The van der Waals surface area contributed by atoms with Gasteiger partial charge in [-0.05, 0) is 12.8 Å². The number of carbonyl (C=O) groups excluding carboxylic acids is 1. The highest BCUT2D eigenvalue weighted by Crippen LogP contribution is 2.19. The fraction of sp³-hybridized carbons (Fsp3) is 0.909. The Bertz CT molecular complexity index is 224. The summed E-state index contributed by atoms with van der Waals surface area (Å²) in [5.74, 6) is 0.0478. The number of hydrogen-bond donors (Lipinski definition) is 1. The SMILES string of the molecule is O=C1CCCCCC1N(CCO)CC(F)F. The van der Waals surface area contributed by atoms with Crippen LogP contribution >= 0.6 is 0 Å². The summed E-state index contributed by atoms with van der Waals surface area (Å²) in [5, 5.41) is 8.84. The van der Waals surface area contributed by atoms with Crippen molar-refractivity contribution in [1.29, 1.82) is 0 Å². The summed E-state index contributed by atoms with van der Waals surface area (Å²) < 4.78 is 24.7. The van der Waals surface area contributed by atoms with Crippen LogP contribution < -0.4 is 0 Å². The normalized spacial score (nSPS) is 22.8. The molecule has 0 radical (unpaired) electrons. The lowest BCUT2D eigenvalue weighted by Gasteiger charge is -2.28. The number of hydrogen-bond acceptors (Lipinski definition) is 3. The van der Waals surface area contributed by atoms with E-state index in [1.54, 1.807) is 0 Å². The van der Waals surface area contributed by atoms with Crippen LogP contribution in [-0.4, -0.2) is 48.0 Å². The second-order valence-corrected chi connectivity index (χ2v) is 4.19. The molecule has 1 unspecified atom stereocenters. The van der Waals surface area contributed by atoms with Crippen molar-refractivity contribution in [2.24, 2.45) is 0 Å². The first-order valence-corrected chi connectivity index (χ1v) is 5.81. The monoisotopic (exact) mass is 235 g/mol. The van der Waals surface area contributed by atoms with Crippen LogP contribution in [0.3, 0.4) is 0 Å². The number of halogens is 2. The summed E-state index contributed by atoms with van der Waals surface area (Å²) in [7, 11) is 0. The molecule has 16 heavy (non-hydrogen) atoms. The third kappa shape index (κ3) is 4.14. The van der Waals surface area contributed by atoms with Crippen LogP contribution in [0.5, 0.6) is 0 Å². The minimum absolute atomic E-state index is 0.0478. The van der Waals surface area contributed by atoms with Gasteiger partial charge >= 0.3 is 0 Å². The van der Waals surface area contributed by atoms with Crippen molar-refractivity contribution < 1.29 is 18.7 Å². The van der Waals surface area contributed by atoms with Crippen LogP contribution in [0.25, 0.3) is 0 Å². The molecule has 1 rings (SSSR count). The molecule has 1 aliphatic carbocycles. The van der Waals surface area contributed by atoms with Crippen molar-refractivity contribution >= 4 is 5.78 Å². The number of Topliss-reactive ketones (excluding diaryl/α,β-unsaturated/α-hetero) is 1. The number of carbonyl (C=O) groups is 1. The van der Waals surface area contributed by atoms with E-state index in [1.165, 1.54) is 4.90 Å². The summed E-state index contributed by atoms with van der Waals surface area (Å²) in [6.45, 7) is -0.450. The lowest BCUT2D eigenvalue weighted by molar-refractivity contribution is -0.125. The Kier molecular flexibility index (Phi) is 5.84. The van der Waals surface area contributed by atoms with E-state index in [1.807, 2.05) is 0 Å². The summed E-state index contributed by atoms with van der Waals surface area (Å²) in [4.78, 5) is 13.2. The highest BCUT2D eigenvalue weighted by Gasteiger charge is 2.28. The summed E-state index contributed by atoms with van der Waals surface area (Å²) in [6.07, 6.45) is 1.42. The molecule has 0 saturated heterocycles. The van der Waals surface area contributed by atoms with Gasteiger partial charge in [0.15, 0.2) is 0 Å². The maximum Gasteiger partial charge on any atom is 0.251 e. The molecule has 0 heterocycles. The topological polar surface area (TPSA) is 40.5 Å². The van der Waals surface area contributed by atoms with E-state index in [4.69, 9.17) is 5.11 Å². The van der Waals surface area contributed by atoms with Crippen LogP contribution in [0.4, 0.5) is 8.78 Å². The molecule has 1 atom stereocenters. The Morgan fingerprint density at radius 1 is 1.38 bits per heavy atom. The molecule has 94 valence electrons. The summed E-state index contributed by atoms with van der Waals surface area (Å²) in [5.41, 5.74) is 0. The van der Waals surface area contributed by atoms with E-state index in [0.717, 1.165) is 19.3 Å². The molecule has 1 N–H and O–H groups in total. The highest BCUT2D eigenvalue weighted by molar-refractivity contribution is 5.84. The zero-order valence-electron chi connectivity index (χ0n) is 9.37. The van der Waals surface area contributed by atoms with E-state index in [0.29, 0.717) is 12.8 Å². The zero-order chi connectivity index (χ0) is 12.0. The van der Waals surface area contributed by atoms with Crippen LogP contribution in [0.1, 0.15) is 32.1 Å². The van der Waals surface area contributed by atoms with E-state index in [2.05, 4.69) is 0 Å². The van der Waals surface area contributed by atoms with Crippen LogP contribution in [-0.2, 0) is 4.79 Å². The molecule has 1 fully saturated rings. The average Bonchev–Trinajstić information content (AvgIpc) is 2.41. The number of aliphatic hydroxyl groups excluding tert-OH is 1. The number of nitrogens with zero attached hydrogens (tertiary/aromatic N) is 1. The maximum absolute atomic E-state index is 12.4. The fourth-order valence-corrected chi connectivity index (χ4v) is 2.21. The lowest BCUT2D eigenvalue weighted by Crippen LogP contribution is -2.44. The molecule has 3 nitrogen and oxygen atoms in total. The van der Waals surface area contributed by atoms with E-state index in [-0.39, 0.29) is 18.9 Å². The van der Waals surface area contributed by atoms with Gasteiger partial charge in [-0.15, -0.1) is 0 Å². The van der Waals surface area contributed by atoms with Crippen molar-refractivity contribution in [3.8, 4) is 0 Å². The van der Waals surface area contributed by atoms with Gasteiger partial charge in [0.05, 0.1) is 19.2 Å². The molecular formula is C11H19F2NO2. The number of alkyl halides is 2. The Labute approximate surface area is 94.4 Å². The molecule has 0 aromatic heterocycles. The van der Waals surface area contributed by atoms with Gasteiger partial charge in [0, 0.05) is 13.0 Å². The predicted octanol–water partition coefficient (Wildman–Crippen LogP) is 1.45. The zero-order valence-corrected chi connectivity index (χ0v) is 9.37. The maximum atomic E-state index is 12.4. The largest absolute Gasteiger partial charge is 0.395 e. The van der Waals surface area contributed by atoms with Gasteiger partial charge in [0.25, 0.3) is 6.43 Å². The lowest BCUT2D eigenvalue weighted by atomic mass is 10.1. The van der Waals surface area contributed by atoms with Gasteiger partial charge in [-0.3, -0.25) is 9.69 Å². The molecule has 0 bridgehead atoms. The fourth-order valence-electron chi connectivity index (χ4n) is 2.21. The van der Waals surface area contributed by atoms with Gasteiger partial charge < -0.3 is 5.11 Å². The quantitative estimate of drug-likeness (QED) is 0.733. The van der Waals surface area contributed by atoms with Crippen molar-refractivity contribution in [1.82, 2.24) is 4.90 Å². The van der Waals surface area contributed by atoms with Gasteiger partial charge in [-0.25, -0.2) is 8.78 Å². The minimum atomic E-state index is -2.46. The molecule has 0 aliphatic heterocycles. The number of ketones is 1. The Balaban J connectivity index is 2.62. The van der Waals surface area contributed by atoms with Crippen molar-refractivity contribution in [2.45, 2.75) is 44.6 Å². The molecular weight excluding hydrogens is 216 g/mol. The third-order valence-corrected chi connectivity index (χ3v) is 2.97. The molecule has 5 heteroatoms. The van der Waals surface area contributed by atoms with Crippen molar-refractivity contribution in [2.75, 3.05) is 19.7 Å². The molecule has 1 aliphatic rings. The van der Waals surface area contributed by atoms with Crippen LogP contribution in [0.2, 0.25) is 0 Å². The van der Waals surface area contributed by atoms with Crippen molar-refractivity contribution in [3.63, 3.8) is 0 Å². The van der Waals surface area contributed by atoms with E-state index >= 15 is 0 Å². The second-order valence-electron chi connectivity index (χ2n) is 4.19. The van der Waals surface area contributed by atoms with Gasteiger partial charge in [0.2, 0.25) is 0 Å². The van der Waals surface area contributed by atoms with Gasteiger partial charge in [-0.1, -0.05) is 12.8 Å². The van der Waals surface area contributed by atoms with Crippen LogP contribution in [0, 0.1) is 0 Å². The second kappa shape index (κ2) is 6.91. The smallest absolute Gasteiger partial charge is 0.251 e. The summed E-state index contributed by atoms with van der Waals surface area (Å²) in [6, 6.07) is -0.413. The first-order chi connectivity index (χ1) is 7.65. The molecule has 0 amide bonds. The summed E-state index contributed by atoms with van der Waals surface area (Å²) >= 11 is 0.